The molecule has 3 aromatic carbocycles. The van der Waals surface area contributed by atoms with Crippen molar-refractivity contribution in [3.8, 4) is 11.5 Å². The number of rotatable bonds is 6. The van der Waals surface area contributed by atoms with Crippen LogP contribution in [-0.2, 0) is 23.9 Å². The lowest BCUT2D eigenvalue weighted by Crippen LogP contribution is -2.04. The summed E-state index contributed by atoms with van der Waals surface area (Å²) < 4.78 is 45.6. The van der Waals surface area contributed by atoms with Crippen molar-refractivity contribution in [2.24, 2.45) is 0 Å². The van der Waals surface area contributed by atoms with Crippen LogP contribution in [0.2, 0.25) is 0 Å². The van der Waals surface area contributed by atoms with E-state index in [2.05, 4.69) is 0 Å². The van der Waals surface area contributed by atoms with Crippen LogP contribution in [0.25, 0.3) is 10.9 Å². The Kier molecular flexibility index (Phi) is 5.42. The third kappa shape index (κ3) is 4.71. The highest BCUT2D eigenvalue weighted by molar-refractivity contribution is 5.87. The Morgan fingerprint density at radius 1 is 0.903 bits per heavy atom. The molecule has 0 saturated heterocycles. The summed E-state index contributed by atoms with van der Waals surface area (Å²) in [6.07, 6.45) is -2.58. The maximum atomic E-state index is 12.7. The van der Waals surface area contributed by atoms with Gasteiger partial charge in [0.15, 0.2) is 0 Å². The van der Waals surface area contributed by atoms with Gasteiger partial charge in [-0.05, 0) is 53.6 Å². The number of nitrogens with zero attached hydrogens (tertiary/aromatic N) is 1. The fraction of sp³-hybridized carbons (Fsp3) is 0.125. The molecule has 0 aliphatic carbocycles. The number of para-hydroxylation sites is 1. The van der Waals surface area contributed by atoms with Gasteiger partial charge in [0.25, 0.3) is 0 Å². The van der Waals surface area contributed by atoms with E-state index in [4.69, 9.17) is 9.84 Å². The Labute approximate surface area is 176 Å². The molecule has 0 bridgehead atoms. The van der Waals surface area contributed by atoms with E-state index in [9.17, 15) is 18.0 Å². The van der Waals surface area contributed by atoms with Crippen LogP contribution < -0.4 is 4.74 Å². The fourth-order valence-corrected chi connectivity index (χ4v) is 3.47. The lowest BCUT2D eigenvalue weighted by Gasteiger charge is -2.10. The average Bonchev–Trinajstić information content (AvgIpc) is 3.06. The Bertz CT molecular complexity index is 1210. The maximum absolute atomic E-state index is 12.7. The van der Waals surface area contributed by atoms with Gasteiger partial charge < -0.3 is 14.4 Å². The summed E-state index contributed by atoms with van der Waals surface area (Å²) in [6, 6.07) is 19.4. The summed E-state index contributed by atoms with van der Waals surface area (Å²) in [5.74, 6) is -0.0597. The molecular weight excluding hydrogens is 407 g/mol. The number of alkyl halides is 3. The van der Waals surface area contributed by atoms with E-state index in [0.717, 1.165) is 34.2 Å². The zero-order chi connectivity index (χ0) is 22.0. The molecule has 7 heteroatoms. The minimum absolute atomic E-state index is 0.0482. The van der Waals surface area contributed by atoms with Crippen LogP contribution in [0.3, 0.4) is 0 Å². The summed E-state index contributed by atoms with van der Waals surface area (Å²) in [5, 5.41) is 10.1. The monoisotopic (exact) mass is 425 g/mol. The molecule has 4 aromatic rings. The number of hydrogen-bond acceptors (Lipinski definition) is 2. The highest BCUT2D eigenvalue weighted by Crippen LogP contribution is 2.31. The minimum Gasteiger partial charge on any atom is -0.481 e. The molecule has 1 aromatic heterocycles. The molecule has 0 amide bonds. The van der Waals surface area contributed by atoms with Crippen molar-refractivity contribution in [2.75, 3.05) is 0 Å². The first-order valence-electron chi connectivity index (χ1n) is 9.52. The molecule has 0 radical (unpaired) electrons. The van der Waals surface area contributed by atoms with Gasteiger partial charge in [-0.1, -0.05) is 30.3 Å². The molecule has 0 saturated carbocycles. The Hall–Kier alpha value is -3.74. The smallest absolute Gasteiger partial charge is 0.416 e. The lowest BCUT2D eigenvalue weighted by molar-refractivity contribution is -0.138. The van der Waals surface area contributed by atoms with Gasteiger partial charge in [-0.25, -0.2) is 0 Å². The van der Waals surface area contributed by atoms with E-state index in [1.807, 2.05) is 47.2 Å². The molecule has 1 N–H and O–H groups in total. The summed E-state index contributed by atoms with van der Waals surface area (Å²) >= 11 is 0. The third-order valence-electron chi connectivity index (χ3n) is 4.91. The van der Waals surface area contributed by atoms with E-state index < -0.39 is 17.7 Å². The molecule has 0 aliphatic heterocycles. The molecule has 1 heterocycles. The topological polar surface area (TPSA) is 51.5 Å². The second-order valence-corrected chi connectivity index (χ2v) is 7.14. The van der Waals surface area contributed by atoms with Gasteiger partial charge >= 0.3 is 12.1 Å². The zero-order valence-electron chi connectivity index (χ0n) is 16.3. The molecule has 158 valence electrons. The van der Waals surface area contributed by atoms with Gasteiger partial charge in [0, 0.05) is 23.6 Å². The van der Waals surface area contributed by atoms with Crippen LogP contribution >= 0.6 is 0 Å². The maximum Gasteiger partial charge on any atom is 0.416 e. The van der Waals surface area contributed by atoms with Crippen molar-refractivity contribution in [3.63, 3.8) is 0 Å². The third-order valence-corrected chi connectivity index (χ3v) is 4.91. The fourth-order valence-electron chi connectivity index (χ4n) is 3.47. The van der Waals surface area contributed by atoms with E-state index in [0.29, 0.717) is 18.0 Å². The van der Waals surface area contributed by atoms with Crippen molar-refractivity contribution in [2.45, 2.75) is 19.1 Å². The SMILES string of the molecule is O=C(O)Cc1cn(Cc2ccc(Oc3ccc(C(F)(F)F)cc3)cc2)c2ccccc12. The quantitative estimate of drug-likeness (QED) is 0.404. The molecule has 0 aliphatic rings. The van der Waals surface area contributed by atoms with Gasteiger partial charge in [-0.15, -0.1) is 0 Å². The highest BCUT2D eigenvalue weighted by Gasteiger charge is 2.30. The molecule has 0 fully saturated rings. The number of hydrogen-bond donors (Lipinski definition) is 1. The van der Waals surface area contributed by atoms with Gasteiger partial charge in [0.2, 0.25) is 0 Å². The predicted octanol–water partition coefficient (Wildman–Crippen LogP) is 6.13. The van der Waals surface area contributed by atoms with Gasteiger partial charge in [-0.3, -0.25) is 4.79 Å². The number of benzene rings is 3. The second-order valence-electron chi connectivity index (χ2n) is 7.14. The number of ether oxygens (including phenoxy) is 1. The molecule has 0 unspecified atom stereocenters. The van der Waals surface area contributed by atoms with E-state index in [1.165, 1.54) is 12.1 Å². The van der Waals surface area contributed by atoms with Crippen molar-refractivity contribution in [1.29, 1.82) is 0 Å². The van der Waals surface area contributed by atoms with Crippen LogP contribution in [0, 0.1) is 0 Å². The lowest BCUT2D eigenvalue weighted by atomic mass is 10.1. The van der Waals surface area contributed by atoms with E-state index >= 15 is 0 Å². The first kappa shape index (κ1) is 20.5. The van der Waals surface area contributed by atoms with Crippen molar-refractivity contribution < 1.29 is 27.8 Å². The van der Waals surface area contributed by atoms with Crippen LogP contribution in [0.15, 0.2) is 79.0 Å². The largest absolute Gasteiger partial charge is 0.481 e. The summed E-state index contributed by atoms with van der Waals surface area (Å²) in [5.41, 5.74) is 1.95. The summed E-state index contributed by atoms with van der Waals surface area (Å²) in [7, 11) is 0. The number of carboxylic acid groups (broad SMARTS) is 1. The van der Waals surface area contributed by atoms with Crippen LogP contribution in [0.1, 0.15) is 16.7 Å². The van der Waals surface area contributed by atoms with Crippen LogP contribution in [0.5, 0.6) is 11.5 Å². The van der Waals surface area contributed by atoms with E-state index in [1.54, 1.807) is 12.1 Å². The standard InChI is InChI=1S/C24H18F3NO3/c25-24(26,27)18-7-11-20(12-8-18)31-19-9-5-16(6-10-19)14-28-15-17(13-23(29)30)21-3-1-2-4-22(21)28/h1-12,15H,13-14H2,(H,29,30). The summed E-state index contributed by atoms with van der Waals surface area (Å²) in [4.78, 5) is 11.2. The number of carboxylic acids is 1. The van der Waals surface area contributed by atoms with Crippen molar-refractivity contribution in [3.05, 3.63) is 95.7 Å². The number of aromatic nitrogens is 1. The molecule has 31 heavy (non-hydrogen) atoms. The van der Waals surface area contributed by atoms with Crippen LogP contribution in [-0.4, -0.2) is 15.6 Å². The number of carbonyl (C=O) groups is 1. The predicted molar refractivity (Wildman–Crippen MR) is 110 cm³/mol. The van der Waals surface area contributed by atoms with E-state index in [-0.39, 0.29) is 6.42 Å². The average molecular weight is 425 g/mol. The number of halogens is 3. The number of aliphatic carboxylic acids is 1. The van der Waals surface area contributed by atoms with Gasteiger partial charge in [0.05, 0.1) is 12.0 Å². The minimum atomic E-state index is -4.38. The number of fused-ring (bicyclic) bond motifs is 1. The Balaban J connectivity index is 1.50. The van der Waals surface area contributed by atoms with Crippen molar-refractivity contribution >= 4 is 16.9 Å². The molecule has 0 spiro atoms. The Morgan fingerprint density at radius 3 is 2.13 bits per heavy atom. The zero-order valence-corrected chi connectivity index (χ0v) is 16.3. The second kappa shape index (κ2) is 8.18. The highest BCUT2D eigenvalue weighted by atomic mass is 19.4. The first-order valence-corrected chi connectivity index (χ1v) is 9.52. The first-order chi connectivity index (χ1) is 14.8. The normalized spacial score (nSPS) is 11.6. The molecular formula is C24H18F3NO3. The Morgan fingerprint density at radius 2 is 1.52 bits per heavy atom. The molecule has 0 atom stereocenters. The summed E-state index contributed by atoms with van der Waals surface area (Å²) in [6.45, 7) is 0.542. The van der Waals surface area contributed by atoms with Crippen LogP contribution in [0.4, 0.5) is 13.2 Å². The van der Waals surface area contributed by atoms with Gasteiger partial charge in [0.1, 0.15) is 11.5 Å². The van der Waals surface area contributed by atoms with Gasteiger partial charge in [-0.2, -0.15) is 13.2 Å². The molecule has 4 nitrogen and oxygen atoms in total. The molecule has 4 rings (SSSR count). The van der Waals surface area contributed by atoms with Crippen molar-refractivity contribution in [1.82, 2.24) is 4.57 Å².